The molecule has 5 nitrogen and oxygen atoms in total. The standard InChI is InChI=1S/C8H15N3O2/c9-7(11-13)5-8(12)10-6-3-1-2-4-6/h6,13H,1-5H2,(H2,9,11)(H,10,12). The van der Waals surface area contributed by atoms with E-state index in [1.165, 1.54) is 12.8 Å². The molecular formula is C8H15N3O2. The molecule has 0 spiro atoms. The van der Waals surface area contributed by atoms with Gasteiger partial charge >= 0.3 is 0 Å². The van der Waals surface area contributed by atoms with Gasteiger partial charge in [-0.25, -0.2) is 0 Å². The molecule has 0 unspecified atom stereocenters. The van der Waals surface area contributed by atoms with Gasteiger partial charge in [0.05, 0.1) is 6.42 Å². The Hall–Kier alpha value is -1.26. The van der Waals surface area contributed by atoms with Crippen LogP contribution in [0.4, 0.5) is 0 Å². The molecule has 1 amide bonds. The molecule has 0 aromatic heterocycles. The number of nitrogens with two attached hydrogens (primary N) is 1. The maximum atomic E-state index is 11.2. The lowest BCUT2D eigenvalue weighted by atomic mass is 10.2. The fourth-order valence-corrected chi connectivity index (χ4v) is 1.55. The lowest BCUT2D eigenvalue weighted by Crippen LogP contribution is -2.35. The summed E-state index contributed by atoms with van der Waals surface area (Å²) in [7, 11) is 0. The molecule has 0 aromatic rings. The monoisotopic (exact) mass is 185 g/mol. The largest absolute Gasteiger partial charge is 0.409 e. The van der Waals surface area contributed by atoms with Gasteiger partial charge in [0.25, 0.3) is 0 Å². The normalized spacial score (nSPS) is 18.9. The first-order chi connectivity index (χ1) is 6.22. The van der Waals surface area contributed by atoms with Crippen molar-refractivity contribution < 1.29 is 10.0 Å². The van der Waals surface area contributed by atoms with Crippen LogP contribution in [0.25, 0.3) is 0 Å². The van der Waals surface area contributed by atoms with Crippen molar-refractivity contribution in [2.24, 2.45) is 10.9 Å². The van der Waals surface area contributed by atoms with Crippen molar-refractivity contribution in [3.63, 3.8) is 0 Å². The highest BCUT2D eigenvalue weighted by Crippen LogP contribution is 2.17. The Morgan fingerprint density at radius 3 is 2.69 bits per heavy atom. The van der Waals surface area contributed by atoms with Crippen molar-refractivity contribution >= 4 is 11.7 Å². The van der Waals surface area contributed by atoms with Gasteiger partial charge in [0.1, 0.15) is 5.84 Å². The Balaban J connectivity index is 2.24. The summed E-state index contributed by atoms with van der Waals surface area (Å²) >= 11 is 0. The van der Waals surface area contributed by atoms with E-state index >= 15 is 0 Å². The highest BCUT2D eigenvalue weighted by molar-refractivity contribution is 5.98. The summed E-state index contributed by atoms with van der Waals surface area (Å²) < 4.78 is 0. The molecular weight excluding hydrogens is 170 g/mol. The summed E-state index contributed by atoms with van der Waals surface area (Å²) in [5.74, 6) is -0.210. The van der Waals surface area contributed by atoms with Crippen molar-refractivity contribution in [1.82, 2.24) is 5.32 Å². The average Bonchev–Trinajstić information content (AvgIpc) is 2.56. The van der Waals surface area contributed by atoms with Crippen molar-refractivity contribution in [3.05, 3.63) is 0 Å². The summed E-state index contributed by atoms with van der Waals surface area (Å²) in [5, 5.41) is 13.8. The summed E-state index contributed by atoms with van der Waals surface area (Å²) in [6.45, 7) is 0. The number of carbonyl (C=O) groups excluding carboxylic acids is 1. The number of carbonyl (C=O) groups is 1. The SMILES string of the molecule is N/C(CC(=O)NC1CCCC1)=N\O. The van der Waals surface area contributed by atoms with Gasteiger partial charge < -0.3 is 16.3 Å². The summed E-state index contributed by atoms with van der Waals surface area (Å²) in [4.78, 5) is 11.2. The lowest BCUT2D eigenvalue weighted by Gasteiger charge is -2.10. The molecule has 1 rings (SSSR count). The summed E-state index contributed by atoms with van der Waals surface area (Å²) in [6, 6.07) is 0.291. The maximum absolute atomic E-state index is 11.2. The molecule has 0 bridgehead atoms. The van der Waals surface area contributed by atoms with E-state index in [0.717, 1.165) is 12.8 Å². The molecule has 0 atom stereocenters. The van der Waals surface area contributed by atoms with Crippen molar-refractivity contribution in [1.29, 1.82) is 0 Å². The van der Waals surface area contributed by atoms with E-state index in [4.69, 9.17) is 10.9 Å². The molecule has 0 aromatic carbocycles. The number of hydrogen-bond acceptors (Lipinski definition) is 3. The van der Waals surface area contributed by atoms with Crippen LogP contribution in [0, 0.1) is 0 Å². The Morgan fingerprint density at radius 2 is 2.15 bits per heavy atom. The zero-order chi connectivity index (χ0) is 9.68. The van der Waals surface area contributed by atoms with Crippen LogP contribution in [0.2, 0.25) is 0 Å². The lowest BCUT2D eigenvalue weighted by molar-refractivity contribution is -0.120. The van der Waals surface area contributed by atoms with E-state index in [9.17, 15) is 4.79 Å². The van der Waals surface area contributed by atoms with Gasteiger partial charge in [-0.3, -0.25) is 4.79 Å². The van der Waals surface area contributed by atoms with E-state index < -0.39 is 0 Å². The highest BCUT2D eigenvalue weighted by atomic mass is 16.4. The van der Waals surface area contributed by atoms with E-state index in [0.29, 0.717) is 6.04 Å². The second-order valence-corrected chi connectivity index (χ2v) is 3.32. The van der Waals surface area contributed by atoms with Gasteiger partial charge in [0.2, 0.25) is 5.91 Å². The number of nitrogens with zero attached hydrogens (tertiary/aromatic N) is 1. The number of hydrogen-bond donors (Lipinski definition) is 3. The molecule has 13 heavy (non-hydrogen) atoms. The molecule has 4 N–H and O–H groups in total. The average molecular weight is 185 g/mol. The molecule has 1 saturated carbocycles. The van der Waals surface area contributed by atoms with Crippen LogP contribution in [0.15, 0.2) is 5.16 Å². The molecule has 1 fully saturated rings. The molecule has 0 aliphatic heterocycles. The second-order valence-electron chi connectivity index (χ2n) is 3.32. The maximum Gasteiger partial charge on any atom is 0.227 e. The fourth-order valence-electron chi connectivity index (χ4n) is 1.55. The van der Waals surface area contributed by atoms with E-state index in [1.807, 2.05) is 0 Å². The molecule has 1 aliphatic rings. The molecule has 5 heteroatoms. The van der Waals surface area contributed by atoms with Crippen molar-refractivity contribution in [2.45, 2.75) is 38.1 Å². The molecule has 1 aliphatic carbocycles. The third-order valence-corrected chi connectivity index (χ3v) is 2.19. The van der Waals surface area contributed by atoms with Crippen LogP contribution in [0.5, 0.6) is 0 Å². The minimum atomic E-state index is -0.165. The first kappa shape index (κ1) is 9.83. The van der Waals surface area contributed by atoms with Crippen LogP contribution < -0.4 is 11.1 Å². The zero-order valence-electron chi connectivity index (χ0n) is 7.49. The Labute approximate surface area is 77.0 Å². The molecule has 74 valence electrons. The van der Waals surface area contributed by atoms with Crippen LogP contribution in [-0.4, -0.2) is 23.0 Å². The van der Waals surface area contributed by atoms with Gasteiger partial charge in [-0.2, -0.15) is 0 Å². The van der Waals surface area contributed by atoms with Gasteiger partial charge in [0, 0.05) is 6.04 Å². The third-order valence-electron chi connectivity index (χ3n) is 2.19. The molecule has 0 saturated heterocycles. The molecule has 0 radical (unpaired) electrons. The predicted molar refractivity (Wildman–Crippen MR) is 48.4 cm³/mol. The van der Waals surface area contributed by atoms with E-state index in [1.54, 1.807) is 0 Å². The van der Waals surface area contributed by atoms with E-state index in [-0.39, 0.29) is 18.2 Å². The van der Waals surface area contributed by atoms with Gasteiger partial charge in [-0.05, 0) is 12.8 Å². The summed E-state index contributed by atoms with van der Waals surface area (Å²) in [5.41, 5.74) is 5.19. The number of rotatable bonds is 3. The van der Waals surface area contributed by atoms with Gasteiger partial charge in [0.15, 0.2) is 0 Å². The minimum absolute atomic E-state index is 0.0208. The minimum Gasteiger partial charge on any atom is -0.409 e. The Kier molecular flexibility index (Phi) is 3.54. The van der Waals surface area contributed by atoms with Gasteiger partial charge in [-0.15, -0.1) is 0 Å². The summed E-state index contributed by atoms with van der Waals surface area (Å²) in [6.07, 6.45) is 4.42. The van der Waals surface area contributed by atoms with Crippen LogP contribution in [0.3, 0.4) is 0 Å². The van der Waals surface area contributed by atoms with E-state index in [2.05, 4.69) is 10.5 Å². The Bertz CT molecular complexity index is 209. The molecule has 0 heterocycles. The first-order valence-corrected chi connectivity index (χ1v) is 4.48. The number of amidine groups is 1. The van der Waals surface area contributed by atoms with Crippen LogP contribution in [-0.2, 0) is 4.79 Å². The Morgan fingerprint density at radius 1 is 1.54 bits per heavy atom. The quantitative estimate of drug-likeness (QED) is 0.254. The predicted octanol–water partition coefficient (Wildman–Crippen LogP) is 0.182. The first-order valence-electron chi connectivity index (χ1n) is 4.48. The van der Waals surface area contributed by atoms with Gasteiger partial charge in [-0.1, -0.05) is 18.0 Å². The second kappa shape index (κ2) is 4.69. The smallest absolute Gasteiger partial charge is 0.227 e. The highest BCUT2D eigenvalue weighted by Gasteiger charge is 2.17. The number of nitrogens with one attached hydrogen (secondary N) is 1. The topological polar surface area (TPSA) is 87.7 Å². The van der Waals surface area contributed by atoms with Crippen molar-refractivity contribution in [3.8, 4) is 0 Å². The third kappa shape index (κ3) is 3.31. The fraction of sp³-hybridized carbons (Fsp3) is 0.750. The van der Waals surface area contributed by atoms with Crippen LogP contribution in [0.1, 0.15) is 32.1 Å². The number of oxime groups is 1. The van der Waals surface area contributed by atoms with Crippen LogP contribution >= 0.6 is 0 Å². The number of amides is 1. The zero-order valence-corrected chi connectivity index (χ0v) is 7.49. The van der Waals surface area contributed by atoms with Crippen molar-refractivity contribution in [2.75, 3.05) is 0 Å².